The molecule has 0 aliphatic carbocycles. The molecule has 0 spiro atoms. The molecule has 0 radical (unpaired) electrons. The molecule has 33 heavy (non-hydrogen) atoms. The molecule has 11 heteroatoms. The first-order valence-electron chi connectivity index (χ1n) is 11.0. The maximum absolute atomic E-state index is 13.0. The molecule has 1 N–H and O–H groups in total. The predicted octanol–water partition coefficient (Wildman–Crippen LogP) is 2.41. The smallest absolute Gasteiger partial charge is 0.257 e. The standard InChI is InChI=1S/C22H26N6O4S/c1-3-32-15-12-28(13-15)17-10-14(4-5-23-17)21(29)26-22-25-18-16(30-2)11-24-20(19(18)33-22)27-6-8-31-9-7-27/h4-5,10-11,15H,3,6-9,12-13H2,1-2H3,(H,25,26,29). The van der Waals surface area contributed by atoms with Crippen molar-refractivity contribution in [2.24, 2.45) is 0 Å². The van der Waals surface area contributed by atoms with E-state index in [9.17, 15) is 4.79 Å². The summed E-state index contributed by atoms with van der Waals surface area (Å²) in [6, 6.07) is 3.50. The van der Waals surface area contributed by atoms with Crippen molar-refractivity contribution in [3.63, 3.8) is 0 Å². The molecule has 3 aromatic heterocycles. The van der Waals surface area contributed by atoms with E-state index in [4.69, 9.17) is 14.2 Å². The minimum Gasteiger partial charge on any atom is -0.493 e. The fourth-order valence-electron chi connectivity index (χ4n) is 3.95. The lowest BCUT2D eigenvalue weighted by Gasteiger charge is -2.39. The monoisotopic (exact) mass is 470 g/mol. The molecule has 2 aliphatic heterocycles. The van der Waals surface area contributed by atoms with Gasteiger partial charge < -0.3 is 24.0 Å². The predicted molar refractivity (Wildman–Crippen MR) is 127 cm³/mol. The van der Waals surface area contributed by atoms with Crippen LogP contribution in [0.25, 0.3) is 10.2 Å². The number of aromatic nitrogens is 3. The number of morpholine rings is 1. The lowest BCUT2D eigenvalue weighted by Crippen LogP contribution is -2.52. The summed E-state index contributed by atoms with van der Waals surface area (Å²) in [7, 11) is 1.59. The summed E-state index contributed by atoms with van der Waals surface area (Å²) in [4.78, 5) is 30.9. The average Bonchev–Trinajstić information content (AvgIpc) is 3.24. The fraction of sp³-hybridized carbons (Fsp3) is 0.455. The first-order valence-corrected chi connectivity index (χ1v) is 11.8. The molecule has 1 amide bonds. The second kappa shape index (κ2) is 9.46. The van der Waals surface area contributed by atoms with Crippen LogP contribution in [0, 0.1) is 0 Å². The van der Waals surface area contributed by atoms with Crippen molar-refractivity contribution in [2.75, 3.05) is 68.2 Å². The van der Waals surface area contributed by atoms with Crippen molar-refractivity contribution in [1.29, 1.82) is 0 Å². The summed E-state index contributed by atoms with van der Waals surface area (Å²) < 4.78 is 17.4. The molecule has 174 valence electrons. The molecule has 0 atom stereocenters. The van der Waals surface area contributed by atoms with Crippen molar-refractivity contribution >= 4 is 44.2 Å². The zero-order valence-corrected chi connectivity index (χ0v) is 19.4. The number of ether oxygens (including phenoxy) is 3. The van der Waals surface area contributed by atoms with Crippen LogP contribution in [0.2, 0.25) is 0 Å². The molecular formula is C22H26N6O4S. The van der Waals surface area contributed by atoms with Gasteiger partial charge in [0.1, 0.15) is 21.9 Å². The van der Waals surface area contributed by atoms with Crippen molar-refractivity contribution in [2.45, 2.75) is 13.0 Å². The molecule has 3 aromatic rings. The number of methoxy groups -OCH3 is 1. The Morgan fingerprint density at radius 3 is 2.85 bits per heavy atom. The quantitative estimate of drug-likeness (QED) is 0.558. The number of hydrogen-bond acceptors (Lipinski definition) is 10. The third kappa shape index (κ3) is 4.43. The van der Waals surface area contributed by atoms with Crippen molar-refractivity contribution in [3.8, 4) is 5.75 Å². The Balaban J connectivity index is 1.36. The van der Waals surface area contributed by atoms with Crippen LogP contribution in [-0.2, 0) is 9.47 Å². The zero-order valence-electron chi connectivity index (χ0n) is 18.6. The van der Waals surface area contributed by atoms with Crippen LogP contribution in [0.1, 0.15) is 17.3 Å². The van der Waals surface area contributed by atoms with E-state index >= 15 is 0 Å². The molecule has 0 aromatic carbocycles. The highest BCUT2D eigenvalue weighted by atomic mass is 32.1. The van der Waals surface area contributed by atoms with E-state index in [1.54, 1.807) is 31.6 Å². The summed E-state index contributed by atoms with van der Waals surface area (Å²) >= 11 is 1.39. The minimum absolute atomic E-state index is 0.223. The summed E-state index contributed by atoms with van der Waals surface area (Å²) in [5, 5.41) is 3.43. The van der Waals surface area contributed by atoms with Crippen LogP contribution >= 0.6 is 11.3 Å². The molecule has 0 bridgehead atoms. The molecule has 0 unspecified atom stereocenters. The van der Waals surface area contributed by atoms with Gasteiger partial charge in [0.2, 0.25) is 0 Å². The molecule has 0 saturated carbocycles. The van der Waals surface area contributed by atoms with Gasteiger partial charge in [0.15, 0.2) is 10.9 Å². The Morgan fingerprint density at radius 2 is 2.09 bits per heavy atom. The minimum atomic E-state index is -0.237. The summed E-state index contributed by atoms with van der Waals surface area (Å²) in [6.45, 7) is 7.08. The van der Waals surface area contributed by atoms with Crippen LogP contribution in [0.3, 0.4) is 0 Å². The van der Waals surface area contributed by atoms with E-state index in [1.165, 1.54) is 11.3 Å². The highest BCUT2D eigenvalue weighted by Gasteiger charge is 2.28. The Labute approximate surface area is 195 Å². The van der Waals surface area contributed by atoms with Gasteiger partial charge in [0.25, 0.3) is 5.91 Å². The molecule has 2 fully saturated rings. The van der Waals surface area contributed by atoms with Gasteiger partial charge in [-0.2, -0.15) is 0 Å². The average molecular weight is 471 g/mol. The molecular weight excluding hydrogens is 444 g/mol. The Bertz CT molecular complexity index is 1140. The van der Waals surface area contributed by atoms with Gasteiger partial charge in [0, 0.05) is 44.5 Å². The van der Waals surface area contributed by atoms with Gasteiger partial charge in [0.05, 0.1) is 32.6 Å². The van der Waals surface area contributed by atoms with E-state index in [1.807, 2.05) is 6.92 Å². The van der Waals surface area contributed by atoms with Gasteiger partial charge in [-0.1, -0.05) is 11.3 Å². The third-order valence-electron chi connectivity index (χ3n) is 5.70. The van der Waals surface area contributed by atoms with Crippen LogP contribution in [0.15, 0.2) is 24.5 Å². The number of rotatable bonds is 7. The number of fused-ring (bicyclic) bond motifs is 1. The fourth-order valence-corrected chi connectivity index (χ4v) is 4.94. The van der Waals surface area contributed by atoms with E-state index in [0.29, 0.717) is 41.8 Å². The Hall–Kier alpha value is -3.02. The normalized spacial score (nSPS) is 16.7. The van der Waals surface area contributed by atoms with Crippen LogP contribution in [-0.4, -0.2) is 80.1 Å². The number of nitrogens with zero attached hydrogens (tertiary/aromatic N) is 5. The second-order valence-corrected chi connectivity index (χ2v) is 8.78. The zero-order chi connectivity index (χ0) is 22.8. The number of amides is 1. The first kappa shape index (κ1) is 21.8. The first-order chi connectivity index (χ1) is 16.2. The molecule has 10 nitrogen and oxygen atoms in total. The number of pyridine rings is 2. The number of carbonyl (C=O) groups excluding carboxylic acids is 1. The van der Waals surface area contributed by atoms with E-state index < -0.39 is 0 Å². The van der Waals surface area contributed by atoms with Gasteiger partial charge >= 0.3 is 0 Å². The number of nitrogens with one attached hydrogen (secondary N) is 1. The maximum atomic E-state index is 13.0. The molecule has 2 aliphatic rings. The van der Waals surface area contributed by atoms with E-state index in [0.717, 1.165) is 42.5 Å². The van der Waals surface area contributed by atoms with Crippen LogP contribution < -0.4 is 19.9 Å². The molecule has 5 rings (SSSR count). The van der Waals surface area contributed by atoms with Crippen LogP contribution in [0.4, 0.5) is 16.8 Å². The number of hydrogen-bond donors (Lipinski definition) is 1. The van der Waals surface area contributed by atoms with Gasteiger partial charge in [-0.05, 0) is 19.1 Å². The highest BCUT2D eigenvalue weighted by molar-refractivity contribution is 7.23. The number of thiazole rings is 1. The van der Waals surface area contributed by atoms with Crippen molar-refractivity contribution < 1.29 is 19.0 Å². The maximum Gasteiger partial charge on any atom is 0.257 e. The number of anilines is 3. The van der Waals surface area contributed by atoms with Gasteiger partial charge in [-0.3, -0.25) is 10.1 Å². The SMILES string of the molecule is CCOC1CN(c2cc(C(=O)Nc3nc4c(OC)cnc(N5CCOCC5)c4s3)ccn2)C1. The Morgan fingerprint density at radius 1 is 1.27 bits per heavy atom. The van der Waals surface area contributed by atoms with E-state index in [2.05, 4.69) is 30.1 Å². The van der Waals surface area contributed by atoms with Gasteiger partial charge in [-0.15, -0.1) is 0 Å². The number of carbonyl (C=O) groups is 1. The van der Waals surface area contributed by atoms with Gasteiger partial charge in [-0.25, -0.2) is 15.0 Å². The summed E-state index contributed by atoms with van der Waals surface area (Å²) in [6.07, 6.45) is 3.55. The molecule has 2 saturated heterocycles. The van der Waals surface area contributed by atoms with E-state index in [-0.39, 0.29) is 12.0 Å². The summed E-state index contributed by atoms with van der Waals surface area (Å²) in [5.74, 6) is 1.94. The summed E-state index contributed by atoms with van der Waals surface area (Å²) in [5.41, 5.74) is 1.21. The topological polar surface area (TPSA) is 102 Å². The lowest BCUT2D eigenvalue weighted by atomic mass is 10.1. The second-order valence-electron chi connectivity index (χ2n) is 7.79. The highest BCUT2D eigenvalue weighted by Crippen LogP contribution is 2.38. The van der Waals surface area contributed by atoms with Crippen molar-refractivity contribution in [3.05, 3.63) is 30.1 Å². The van der Waals surface area contributed by atoms with Crippen LogP contribution in [0.5, 0.6) is 5.75 Å². The lowest BCUT2D eigenvalue weighted by molar-refractivity contribution is 0.0427. The largest absolute Gasteiger partial charge is 0.493 e. The Kier molecular flexibility index (Phi) is 6.25. The molecule has 5 heterocycles. The third-order valence-corrected chi connectivity index (χ3v) is 6.67. The van der Waals surface area contributed by atoms with Crippen molar-refractivity contribution in [1.82, 2.24) is 15.0 Å².